The molecule has 1 fully saturated rings. The molecular formula is C14H20N2. The molecule has 1 aromatic carbocycles. The fourth-order valence-electron chi connectivity index (χ4n) is 2.82. The fraction of sp³-hybridized carbons (Fsp3) is 0.571. The van der Waals surface area contributed by atoms with Crippen LogP contribution in [-0.2, 0) is 0 Å². The molecule has 2 N–H and O–H groups in total. The molecule has 86 valence electrons. The number of aryl methyl sites for hydroxylation is 1. The van der Waals surface area contributed by atoms with Crippen LogP contribution < -0.4 is 10.6 Å². The average molecular weight is 216 g/mol. The largest absolute Gasteiger partial charge is 0.385 e. The lowest BCUT2D eigenvalue weighted by Crippen LogP contribution is -2.40. The molecular weight excluding hydrogens is 196 g/mol. The van der Waals surface area contributed by atoms with E-state index in [1.54, 1.807) is 0 Å². The van der Waals surface area contributed by atoms with Crippen LogP contribution in [0.4, 0.5) is 5.69 Å². The average Bonchev–Trinajstić information content (AvgIpc) is 2.24. The third-order valence-corrected chi connectivity index (χ3v) is 3.96. The Kier molecular flexibility index (Phi) is 2.60. The normalized spacial score (nSPS) is 24.4. The number of benzene rings is 1. The molecule has 0 spiro atoms. The van der Waals surface area contributed by atoms with Gasteiger partial charge in [-0.3, -0.25) is 0 Å². The van der Waals surface area contributed by atoms with Gasteiger partial charge in [0.15, 0.2) is 0 Å². The van der Waals surface area contributed by atoms with Gasteiger partial charge in [-0.25, -0.2) is 0 Å². The monoisotopic (exact) mass is 216 g/mol. The van der Waals surface area contributed by atoms with E-state index in [1.165, 1.54) is 42.5 Å². The summed E-state index contributed by atoms with van der Waals surface area (Å²) in [5.41, 5.74) is 4.25. The minimum absolute atomic E-state index is 0.572. The summed E-state index contributed by atoms with van der Waals surface area (Å²) in [5.74, 6) is 0. The summed E-state index contributed by atoms with van der Waals surface area (Å²) >= 11 is 0. The maximum Gasteiger partial charge on any atom is 0.0391 e. The molecule has 1 saturated carbocycles. The summed E-state index contributed by atoms with van der Waals surface area (Å²) in [4.78, 5) is 0. The zero-order valence-corrected chi connectivity index (χ0v) is 9.92. The quantitative estimate of drug-likeness (QED) is 0.794. The first-order valence-corrected chi connectivity index (χ1v) is 6.44. The smallest absolute Gasteiger partial charge is 0.0391 e. The van der Waals surface area contributed by atoms with E-state index in [4.69, 9.17) is 0 Å². The third kappa shape index (κ3) is 1.71. The second kappa shape index (κ2) is 4.10. The number of hydrogen-bond donors (Lipinski definition) is 2. The van der Waals surface area contributed by atoms with E-state index < -0.39 is 0 Å². The molecule has 1 aliphatic heterocycles. The Labute approximate surface area is 97.4 Å². The first-order valence-electron chi connectivity index (χ1n) is 6.44. The second-order valence-electron chi connectivity index (χ2n) is 5.10. The van der Waals surface area contributed by atoms with E-state index in [-0.39, 0.29) is 0 Å². The molecule has 1 aromatic rings. The van der Waals surface area contributed by atoms with Crippen LogP contribution in [-0.4, -0.2) is 12.6 Å². The molecule has 3 rings (SSSR count). The van der Waals surface area contributed by atoms with Crippen molar-refractivity contribution in [2.24, 2.45) is 0 Å². The van der Waals surface area contributed by atoms with Crippen LogP contribution in [0.25, 0.3) is 0 Å². The molecule has 1 unspecified atom stereocenters. The van der Waals surface area contributed by atoms with Gasteiger partial charge in [0.2, 0.25) is 0 Å². The van der Waals surface area contributed by atoms with Gasteiger partial charge in [0.1, 0.15) is 0 Å². The number of anilines is 1. The van der Waals surface area contributed by atoms with Crippen molar-refractivity contribution < 1.29 is 0 Å². The summed E-state index contributed by atoms with van der Waals surface area (Å²) < 4.78 is 0. The predicted molar refractivity (Wildman–Crippen MR) is 67.8 cm³/mol. The summed E-state index contributed by atoms with van der Waals surface area (Å²) in [6.45, 7) is 3.32. The van der Waals surface area contributed by atoms with Crippen molar-refractivity contribution in [2.75, 3.05) is 11.9 Å². The van der Waals surface area contributed by atoms with E-state index in [0.29, 0.717) is 6.04 Å². The lowest BCUT2D eigenvalue weighted by atomic mass is 9.88. The molecule has 0 radical (unpaired) electrons. The van der Waals surface area contributed by atoms with E-state index >= 15 is 0 Å². The minimum atomic E-state index is 0.572. The topological polar surface area (TPSA) is 24.1 Å². The highest BCUT2D eigenvalue weighted by molar-refractivity contribution is 5.57. The first-order chi connectivity index (χ1) is 7.84. The molecule has 1 atom stereocenters. The Balaban J connectivity index is 1.86. The van der Waals surface area contributed by atoms with Gasteiger partial charge in [-0.15, -0.1) is 0 Å². The Morgan fingerprint density at radius 2 is 2.12 bits per heavy atom. The molecule has 1 heterocycles. The lowest BCUT2D eigenvalue weighted by molar-refractivity contribution is 0.298. The van der Waals surface area contributed by atoms with E-state index in [0.717, 1.165) is 12.6 Å². The fourth-order valence-corrected chi connectivity index (χ4v) is 2.82. The van der Waals surface area contributed by atoms with Gasteiger partial charge >= 0.3 is 0 Å². The van der Waals surface area contributed by atoms with Gasteiger partial charge in [-0.05, 0) is 43.4 Å². The molecule has 2 aliphatic rings. The Bertz CT molecular complexity index is 382. The maximum absolute atomic E-state index is 3.81. The minimum Gasteiger partial charge on any atom is -0.385 e. The highest BCUT2D eigenvalue weighted by atomic mass is 15.0. The van der Waals surface area contributed by atoms with Crippen molar-refractivity contribution in [3.63, 3.8) is 0 Å². The van der Waals surface area contributed by atoms with E-state index in [9.17, 15) is 0 Å². The summed E-state index contributed by atoms with van der Waals surface area (Å²) in [7, 11) is 0. The van der Waals surface area contributed by atoms with Gasteiger partial charge in [0.25, 0.3) is 0 Å². The summed E-state index contributed by atoms with van der Waals surface area (Å²) in [6, 6.07) is 7.92. The number of hydrogen-bond acceptors (Lipinski definition) is 2. The molecule has 0 amide bonds. The van der Waals surface area contributed by atoms with Gasteiger partial charge in [-0.1, -0.05) is 18.6 Å². The van der Waals surface area contributed by atoms with Crippen LogP contribution in [0.5, 0.6) is 0 Å². The van der Waals surface area contributed by atoms with Crippen molar-refractivity contribution >= 4 is 5.69 Å². The molecule has 16 heavy (non-hydrogen) atoms. The van der Waals surface area contributed by atoms with Crippen molar-refractivity contribution in [2.45, 2.75) is 44.7 Å². The Morgan fingerprint density at radius 3 is 2.88 bits per heavy atom. The van der Waals surface area contributed by atoms with E-state index in [2.05, 4.69) is 35.8 Å². The molecule has 1 aliphatic carbocycles. The Morgan fingerprint density at radius 1 is 1.25 bits per heavy atom. The molecule has 0 aromatic heterocycles. The van der Waals surface area contributed by atoms with Crippen molar-refractivity contribution in [1.82, 2.24) is 5.32 Å². The number of rotatable bonds is 2. The van der Waals surface area contributed by atoms with Crippen LogP contribution in [0, 0.1) is 6.92 Å². The lowest BCUT2D eigenvalue weighted by Gasteiger charge is -2.35. The molecule has 0 bridgehead atoms. The maximum atomic E-state index is 3.81. The molecule has 0 saturated heterocycles. The first kappa shape index (κ1) is 10.2. The van der Waals surface area contributed by atoms with Gasteiger partial charge < -0.3 is 10.6 Å². The standard InChI is InChI=1S/C14H20N2/c1-10-4-2-7-12-14(10)13(8-9-15-12)16-11-5-3-6-11/h2,4,7,11,13,15-16H,3,5-6,8-9H2,1H3. The number of fused-ring (bicyclic) bond motifs is 1. The molecule has 2 heteroatoms. The van der Waals surface area contributed by atoms with Crippen LogP contribution in [0.3, 0.4) is 0 Å². The van der Waals surface area contributed by atoms with Crippen molar-refractivity contribution in [3.8, 4) is 0 Å². The molecule has 2 nitrogen and oxygen atoms in total. The van der Waals surface area contributed by atoms with Crippen LogP contribution >= 0.6 is 0 Å². The van der Waals surface area contributed by atoms with Gasteiger partial charge in [-0.2, -0.15) is 0 Å². The zero-order chi connectivity index (χ0) is 11.0. The van der Waals surface area contributed by atoms with Gasteiger partial charge in [0.05, 0.1) is 0 Å². The predicted octanol–water partition coefficient (Wildman–Crippen LogP) is 2.99. The van der Waals surface area contributed by atoms with Crippen LogP contribution in [0.2, 0.25) is 0 Å². The summed E-state index contributed by atoms with van der Waals surface area (Å²) in [6.07, 6.45) is 5.36. The van der Waals surface area contributed by atoms with Crippen LogP contribution in [0.1, 0.15) is 42.9 Å². The van der Waals surface area contributed by atoms with E-state index in [1.807, 2.05) is 0 Å². The van der Waals surface area contributed by atoms with Crippen LogP contribution in [0.15, 0.2) is 18.2 Å². The zero-order valence-electron chi connectivity index (χ0n) is 9.92. The number of nitrogens with one attached hydrogen (secondary N) is 2. The third-order valence-electron chi connectivity index (χ3n) is 3.96. The second-order valence-corrected chi connectivity index (χ2v) is 5.10. The Hall–Kier alpha value is -1.02. The highest BCUT2D eigenvalue weighted by Gasteiger charge is 2.26. The van der Waals surface area contributed by atoms with Gasteiger partial charge in [0, 0.05) is 24.3 Å². The van der Waals surface area contributed by atoms with Crippen molar-refractivity contribution in [1.29, 1.82) is 0 Å². The van der Waals surface area contributed by atoms with Crippen molar-refractivity contribution in [3.05, 3.63) is 29.3 Å². The summed E-state index contributed by atoms with van der Waals surface area (Å²) in [5, 5.41) is 7.32. The SMILES string of the molecule is Cc1cccc2c1C(NC1CCC1)CCN2. The highest BCUT2D eigenvalue weighted by Crippen LogP contribution is 2.34.